The van der Waals surface area contributed by atoms with Gasteiger partial charge < -0.3 is 10.6 Å². The quantitative estimate of drug-likeness (QED) is 0.698. The molecule has 6 heteroatoms. The van der Waals surface area contributed by atoms with Gasteiger partial charge in [0.25, 0.3) is 5.91 Å². The molecule has 1 amide bonds. The van der Waals surface area contributed by atoms with Crippen LogP contribution in [0.3, 0.4) is 0 Å². The molecule has 3 rings (SSSR count). The van der Waals surface area contributed by atoms with Gasteiger partial charge in [0.05, 0.1) is 0 Å². The third-order valence-corrected chi connectivity index (χ3v) is 3.80. The molecule has 5 nitrogen and oxygen atoms in total. The lowest BCUT2D eigenvalue weighted by Gasteiger charge is -2.09. The van der Waals surface area contributed by atoms with E-state index < -0.39 is 0 Å². The van der Waals surface area contributed by atoms with Crippen LogP contribution in [0.5, 0.6) is 0 Å². The number of hydrogen-bond donors (Lipinski definition) is 2. The first kappa shape index (κ1) is 17.5. The fraction of sp³-hybridized carbons (Fsp3) is 0.150. The number of hydrogen-bond acceptors (Lipinski definition) is 4. The number of nitrogens with zero attached hydrogens (tertiary/aromatic N) is 2. The van der Waals surface area contributed by atoms with E-state index in [1.165, 1.54) is 30.0 Å². The summed E-state index contributed by atoms with van der Waals surface area (Å²) in [7, 11) is 0. The van der Waals surface area contributed by atoms with E-state index in [2.05, 4.69) is 34.4 Å². The van der Waals surface area contributed by atoms with E-state index in [0.717, 1.165) is 0 Å². The summed E-state index contributed by atoms with van der Waals surface area (Å²) in [5.41, 5.74) is 2.61. The van der Waals surface area contributed by atoms with E-state index in [9.17, 15) is 9.18 Å². The molecular formula is C20H19FN4O. The first-order chi connectivity index (χ1) is 12.5. The number of aromatic nitrogens is 2. The van der Waals surface area contributed by atoms with Crippen molar-refractivity contribution in [1.82, 2.24) is 9.97 Å². The minimum absolute atomic E-state index is 0.215. The molecule has 0 atom stereocenters. The number of carbonyl (C=O) groups is 1. The van der Waals surface area contributed by atoms with Gasteiger partial charge in [-0.1, -0.05) is 32.0 Å². The standard InChI is InChI=1S/C20H19FN4O/c1-13(2)14-6-8-16(9-7-14)23-19(26)18-10-11-22-20(25-18)24-17-5-3-4-15(21)12-17/h3-13H,1-2H3,(H,23,26)(H,22,24,25). The number of amides is 1. The van der Waals surface area contributed by atoms with Crippen molar-refractivity contribution in [1.29, 1.82) is 0 Å². The van der Waals surface area contributed by atoms with Crippen LogP contribution in [0.4, 0.5) is 21.7 Å². The monoisotopic (exact) mass is 350 g/mol. The predicted molar refractivity (Wildman–Crippen MR) is 100 cm³/mol. The Morgan fingerprint density at radius 1 is 1.04 bits per heavy atom. The van der Waals surface area contributed by atoms with Crippen molar-refractivity contribution in [3.8, 4) is 0 Å². The van der Waals surface area contributed by atoms with Crippen LogP contribution in [-0.4, -0.2) is 15.9 Å². The van der Waals surface area contributed by atoms with Gasteiger partial charge >= 0.3 is 0 Å². The SMILES string of the molecule is CC(C)c1ccc(NC(=O)c2ccnc(Nc3cccc(F)c3)n2)cc1. The normalized spacial score (nSPS) is 10.6. The summed E-state index contributed by atoms with van der Waals surface area (Å²) >= 11 is 0. The van der Waals surface area contributed by atoms with Gasteiger partial charge in [0, 0.05) is 17.6 Å². The van der Waals surface area contributed by atoms with Gasteiger partial charge in [-0.05, 0) is 47.9 Å². The fourth-order valence-corrected chi connectivity index (χ4v) is 2.39. The summed E-state index contributed by atoms with van der Waals surface area (Å²) in [6.45, 7) is 4.23. The van der Waals surface area contributed by atoms with Gasteiger partial charge in [0.15, 0.2) is 0 Å². The topological polar surface area (TPSA) is 66.9 Å². The highest BCUT2D eigenvalue weighted by molar-refractivity contribution is 6.03. The predicted octanol–water partition coefficient (Wildman–Crippen LogP) is 4.74. The second kappa shape index (κ2) is 7.74. The van der Waals surface area contributed by atoms with Crippen molar-refractivity contribution in [3.63, 3.8) is 0 Å². The molecule has 0 aliphatic heterocycles. The van der Waals surface area contributed by atoms with Gasteiger partial charge in [-0.25, -0.2) is 14.4 Å². The first-order valence-corrected chi connectivity index (χ1v) is 8.28. The van der Waals surface area contributed by atoms with Gasteiger partial charge in [0.2, 0.25) is 5.95 Å². The van der Waals surface area contributed by atoms with Crippen LogP contribution in [0.15, 0.2) is 60.8 Å². The number of anilines is 3. The molecule has 132 valence electrons. The third-order valence-electron chi connectivity index (χ3n) is 3.80. The maximum atomic E-state index is 13.3. The Morgan fingerprint density at radius 3 is 2.50 bits per heavy atom. The summed E-state index contributed by atoms with van der Waals surface area (Å²) in [5.74, 6) is -0.0581. The molecule has 0 aliphatic carbocycles. The highest BCUT2D eigenvalue weighted by atomic mass is 19.1. The molecule has 0 bridgehead atoms. The number of benzene rings is 2. The molecule has 0 saturated heterocycles. The summed E-state index contributed by atoms with van der Waals surface area (Å²) < 4.78 is 13.3. The largest absolute Gasteiger partial charge is 0.324 e. The first-order valence-electron chi connectivity index (χ1n) is 8.28. The van der Waals surface area contributed by atoms with E-state index >= 15 is 0 Å². The van der Waals surface area contributed by atoms with E-state index in [1.54, 1.807) is 12.1 Å². The summed E-state index contributed by atoms with van der Waals surface area (Å²) in [4.78, 5) is 20.6. The second-order valence-electron chi connectivity index (χ2n) is 6.13. The average molecular weight is 350 g/mol. The molecule has 0 unspecified atom stereocenters. The van der Waals surface area contributed by atoms with Gasteiger partial charge in [-0.3, -0.25) is 4.79 Å². The second-order valence-corrected chi connectivity index (χ2v) is 6.13. The molecule has 26 heavy (non-hydrogen) atoms. The Labute approximate surface area is 151 Å². The molecule has 1 aromatic heterocycles. The average Bonchev–Trinajstić information content (AvgIpc) is 2.62. The number of halogens is 1. The number of rotatable bonds is 5. The van der Waals surface area contributed by atoms with Crippen LogP contribution in [0, 0.1) is 5.82 Å². The van der Waals surface area contributed by atoms with Crippen molar-refractivity contribution in [2.75, 3.05) is 10.6 Å². The van der Waals surface area contributed by atoms with E-state index in [0.29, 0.717) is 17.3 Å². The van der Waals surface area contributed by atoms with Crippen LogP contribution in [0.1, 0.15) is 35.8 Å². The molecule has 3 aromatic rings. The van der Waals surface area contributed by atoms with E-state index in [-0.39, 0.29) is 23.4 Å². The molecular weight excluding hydrogens is 331 g/mol. The van der Waals surface area contributed by atoms with Gasteiger partial charge in [-0.15, -0.1) is 0 Å². The van der Waals surface area contributed by atoms with Crippen LogP contribution in [-0.2, 0) is 0 Å². The molecule has 0 saturated carbocycles. The van der Waals surface area contributed by atoms with Crippen LogP contribution >= 0.6 is 0 Å². The minimum atomic E-state index is -0.367. The van der Waals surface area contributed by atoms with Gasteiger partial charge in [0.1, 0.15) is 11.5 Å². The van der Waals surface area contributed by atoms with E-state index in [4.69, 9.17) is 0 Å². The molecule has 1 heterocycles. The Balaban J connectivity index is 1.71. The molecule has 0 spiro atoms. The zero-order valence-corrected chi connectivity index (χ0v) is 14.5. The summed E-state index contributed by atoms with van der Waals surface area (Å²) in [6.07, 6.45) is 1.48. The summed E-state index contributed by atoms with van der Waals surface area (Å²) in [6, 6.07) is 15.2. The smallest absolute Gasteiger partial charge is 0.274 e. The third kappa shape index (κ3) is 4.42. The molecule has 2 aromatic carbocycles. The molecule has 2 N–H and O–H groups in total. The Hall–Kier alpha value is -3.28. The lowest BCUT2D eigenvalue weighted by molar-refractivity contribution is 0.102. The highest BCUT2D eigenvalue weighted by Gasteiger charge is 2.10. The molecule has 0 fully saturated rings. The lowest BCUT2D eigenvalue weighted by Crippen LogP contribution is -2.14. The Kier molecular flexibility index (Phi) is 5.22. The van der Waals surface area contributed by atoms with Crippen molar-refractivity contribution in [3.05, 3.63) is 77.9 Å². The van der Waals surface area contributed by atoms with Crippen molar-refractivity contribution in [2.24, 2.45) is 0 Å². The van der Waals surface area contributed by atoms with Crippen LogP contribution < -0.4 is 10.6 Å². The highest BCUT2D eigenvalue weighted by Crippen LogP contribution is 2.18. The lowest BCUT2D eigenvalue weighted by atomic mass is 10.0. The minimum Gasteiger partial charge on any atom is -0.324 e. The van der Waals surface area contributed by atoms with E-state index in [1.807, 2.05) is 24.3 Å². The Morgan fingerprint density at radius 2 is 1.81 bits per heavy atom. The Bertz CT molecular complexity index is 910. The summed E-state index contributed by atoms with van der Waals surface area (Å²) in [5, 5.41) is 5.69. The fourth-order valence-electron chi connectivity index (χ4n) is 2.39. The van der Waals surface area contributed by atoms with Gasteiger partial charge in [-0.2, -0.15) is 0 Å². The number of carbonyl (C=O) groups excluding carboxylic acids is 1. The van der Waals surface area contributed by atoms with Crippen molar-refractivity contribution in [2.45, 2.75) is 19.8 Å². The van der Waals surface area contributed by atoms with Crippen molar-refractivity contribution >= 4 is 23.2 Å². The maximum absolute atomic E-state index is 13.3. The number of nitrogens with one attached hydrogen (secondary N) is 2. The van der Waals surface area contributed by atoms with Crippen LogP contribution in [0.2, 0.25) is 0 Å². The van der Waals surface area contributed by atoms with Crippen LogP contribution in [0.25, 0.3) is 0 Å². The zero-order valence-electron chi connectivity index (χ0n) is 14.5. The molecule has 0 aliphatic rings. The zero-order chi connectivity index (χ0) is 18.5. The van der Waals surface area contributed by atoms with Crippen molar-refractivity contribution < 1.29 is 9.18 Å². The molecule has 0 radical (unpaired) electrons. The maximum Gasteiger partial charge on any atom is 0.274 e.